The molecular weight excluding hydrogens is 1800 g/mol. The lowest BCUT2D eigenvalue weighted by Crippen LogP contribution is -2.70. The average molecular weight is 1980 g/mol. The van der Waals surface area contributed by atoms with Crippen LogP contribution >= 0.6 is 0 Å². The maximum atomic E-state index is 13.2. The van der Waals surface area contributed by atoms with E-state index in [0.29, 0.717) is 0 Å². The molecule has 129 heavy (non-hydrogen) atoms. The molecule has 43 heteroatoms. The van der Waals surface area contributed by atoms with Gasteiger partial charge in [0, 0.05) is 13.1 Å². The Kier molecular flexibility index (Phi) is 37.9. The van der Waals surface area contributed by atoms with Crippen LogP contribution in [0, 0.1) is 0 Å². The van der Waals surface area contributed by atoms with E-state index in [1.54, 1.807) is 0 Å². The zero-order valence-electron chi connectivity index (χ0n) is 84.0. The first-order chi connectivity index (χ1) is 58.5. The lowest BCUT2D eigenvalue weighted by Gasteiger charge is -2.52. The summed E-state index contributed by atoms with van der Waals surface area (Å²) in [6.45, 7) is 67.8. The third-order valence-corrected chi connectivity index (χ3v) is 62.5. The van der Waals surface area contributed by atoms with Crippen LogP contribution < -0.4 is 11.1 Å². The van der Waals surface area contributed by atoms with E-state index in [0.717, 1.165) is 0 Å². The Morgan fingerprint density at radius 2 is 0.341 bits per heavy atom. The maximum Gasteiger partial charge on any atom is 0.192 e. The van der Waals surface area contributed by atoms with Gasteiger partial charge in [-0.1, -0.05) is 145 Å². The molecule has 0 spiro atoms. The van der Waals surface area contributed by atoms with E-state index in [1.165, 1.54) is 0 Å². The summed E-state index contributed by atoms with van der Waals surface area (Å²) in [6.07, 6.45) is -61.5. The van der Waals surface area contributed by atoms with Gasteiger partial charge in [-0.15, -0.1) is 0 Å². The van der Waals surface area contributed by atoms with Gasteiger partial charge >= 0.3 is 0 Å². The number of nitrogens with one attached hydrogen (secondary N) is 1. The van der Waals surface area contributed by atoms with Crippen molar-refractivity contribution in [2.75, 3.05) is 59.3 Å². The summed E-state index contributed by atoms with van der Waals surface area (Å²) in [5.74, 6) is 0. The monoisotopic (exact) mass is 1980 g/mol. The summed E-state index contributed by atoms with van der Waals surface area (Å²) < 4.78 is 143. The van der Waals surface area contributed by atoms with Crippen LogP contribution in [0.15, 0.2) is 0 Å². The highest BCUT2D eigenvalue weighted by atomic mass is 28.4. The largest absolute Gasteiger partial charge is 0.414 e. The Morgan fingerprint density at radius 3 is 0.481 bits per heavy atom. The summed E-state index contributed by atoms with van der Waals surface area (Å²) in [4.78, 5) is 0. The molecule has 21 heterocycles. The van der Waals surface area contributed by atoms with E-state index in [2.05, 4.69) is 5.32 Å². The molecule has 760 valence electrons. The number of hydrogen-bond donors (Lipinski definition) is 15. The highest BCUT2D eigenvalue weighted by Crippen LogP contribution is 2.48. The predicted octanol–water partition coefficient (Wildman–Crippen LogP) is 5.53. The quantitative estimate of drug-likeness (QED) is 0.0528. The standard InChI is InChI=1S/C86H174N2O34Si7/c1-80(2,3)123(22,23)102-38-45-66-52(88-37-36-87)53(89)73(109-45)117-67-46(39-103-124(24,25)81(4,5)6)111-75(61(97)55(67)91)119-69-48(41-105-126(28,29)83(10,11)12)113-77(63(99)57(69)93)121-71-50(43-107-128(32,33)85(16,17)18)115-79(65(101)59(71)95)122-72-51(44-108-129(34,35)86(19,20)21)114-78(64(100)58(72)94)120-70-49(42-106-127(30,31)84(13,14)15)112-76(62(98)56(70)92)118-68-47(40-104-125(26,27)82(7,8)9)110-74(116-66)60(96)54(68)90/h45-79,88-101H,36-44,87H2,1-35H3/t45-,46+,47-,48+,49-,50+,51-,52-,53-,54+,55+,56+,57-,58+,59+,60+,61-,62+,63-,64+,65+,66+,67+,68+,69+,70+,71+,72+,73+,74+,75+,76+,77+,78+,79+/m0/s1. The number of aliphatic hydroxyl groups is 13. The van der Waals surface area contributed by atoms with Gasteiger partial charge in [-0.2, -0.15) is 0 Å². The minimum Gasteiger partial charge on any atom is -0.414 e. The van der Waals surface area contributed by atoms with E-state index in [4.69, 9.17) is 103 Å². The number of rotatable bonds is 24. The molecule has 21 saturated heterocycles. The average Bonchev–Trinajstić information content (AvgIpc) is 0.954. The van der Waals surface area contributed by atoms with Gasteiger partial charge in [0.2, 0.25) is 0 Å². The number of hydrogen-bond acceptors (Lipinski definition) is 36. The molecule has 0 amide bonds. The van der Waals surface area contributed by atoms with Gasteiger partial charge < -0.3 is 175 Å². The van der Waals surface area contributed by atoms with Crippen LogP contribution in [0.2, 0.25) is 127 Å². The van der Waals surface area contributed by atoms with E-state index in [1.807, 2.05) is 237 Å². The van der Waals surface area contributed by atoms with Gasteiger partial charge in [0.25, 0.3) is 0 Å². The summed E-state index contributed by atoms with van der Waals surface area (Å²) in [6, 6.07) is -1.32. The summed E-state index contributed by atoms with van der Waals surface area (Å²) in [5, 5.41) is 167. The molecule has 0 radical (unpaired) electrons. The van der Waals surface area contributed by atoms with Crippen molar-refractivity contribution in [3.63, 3.8) is 0 Å². The Morgan fingerprint density at radius 1 is 0.209 bits per heavy atom. The van der Waals surface area contributed by atoms with Crippen molar-refractivity contribution >= 4 is 58.2 Å². The first kappa shape index (κ1) is 114. The summed E-state index contributed by atoms with van der Waals surface area (Å²) in [5.41, 5.74) is 6.29. The molecule has 35 atom stereocenters. The van der Waals surface area contributed by atoms with Gasteiger partial charge in [-0.05, 0) is 127 Å². The lowest BCUT2D eigenvalue weighted by molar-refractivity contribution is -0.396. The molecule has 0 aromatic rings. The number of ether oxygens (including phenoxy) is 14. The molecule has 21 aliphatic heterocycles. The van der Waals surface area contributed by atoms with Crippen molar-refractivity contribution in [1.82, 2.24) is 5.32 Å². The molecule has 0 unspecified atom stereocenters. The second-order valence-electron chi connectivity index (χ2n) is 47.7. The molecule has 0 saturated carbocycles. The molecule has 0 aromatic heterocycles. The van der Waals surface area contributed by atoms with Crippen molar-refractivity contribution in [3.05, 3.63) is 0 Å². The Balaban J connectivity index is 1.33. The van der Waals surface area contributed by atoms with Crippen molar-refractivity contribution in [3.8, 4) is 0 Å². The van der Waals surface area contributed by atoms with E-state index >= 15 is 0 Å². The fourth-order valence-corrected chi connectivity index (χ4v) is 21.5. The molecule has 16 N–H and O–H groups in total. The maximum absolute atomic E-state index is 13.2. The molecule has 14 bridgehead atoms. The zero-order valence-corrected chi connectivity index (χ0v) is 91.0. The van der Waals surface area contributed by atoms with Crippen molar-refractivity contribution in [1.29, 1.82) is 0 Å². The van der Waals surface area contributed by atoms with Gasteiger partial charge in [-0.3, -0.25) is 0 Å². The van der Waals surface area contributed by atoms with E-state index in [-0.39, 0.29) is 59.3 Å². The van der Waals surface area contributed by atoms with E-state index < -0.39 is 308 Å². The highest BCUT2D eigenvalue weighted by molar-refractivity contribution is 6.76. The molecule has 21 rings (SSSR count). The molecular formula is C86H174N2O34Si7. The van der Waals surface area contributed by atoms with Crippen LogP contribution in [-0.4, -0.2) is 399 Å². The molecule has 21 fully saturated rings. The first-order valence-electron chi connectivity index (χ1n) is 46.4. The van der Waals surface area contributed by atoms with Crippen LogP contribution in [-0.2, 0) is 97.3 Å². The third-order valence-electron chi connectivity index (χ3n) is 31.0. The molecule has 0 aromatic carbocycles. The van der Waals surface area contributed by atoms with Gasteiger partial charge in [0.1, 0.15) is 165 Å². The van der Waals surface area contributed by atoms with Crippen LogP contribution in [0.4, 0.5) is 0 Å². The highest BCUT2D eigenvalue weighted by Gasteiger charge is 2.63. The second-order valence-corrected chi connectivity index (χ2v) is 81.3. The van der Waals surface area contributed by atoms with Crippen LogP contribution in [0.25, 0.3) is 0 Å². The Bertz CT molecular complexity index is 3390. The normalized spacial score (nSPS) is 39.8. The second kappa shape index (κ2) is 42.7. The zero-order chi connectivity index (χ0) is 98.1. The van der Waals surface area contributed by atoms with Crippen molar-refractivity contribution in [2.45, 2.75) is 487 Å². The van der Waals surface area contributed by atoms with Crippen LogP contribution in [0.3, 0.4) is 0 Å². The van der Waals surface area contributed by atoms with E-state index in [9.17, 15) is 66.4 Å². The van der Waals surface area contributed by atoms with Crippen molar-refractivity contribution in [2.24, 2.45) is 5.73 Å². The molecule has 21 aliphatic rings. The fourth-order valence-electron chi connectivity index (χ4n) is 14.4. The lowest BCUT2D eigenvalue weighted by atomic mass is 9.93. The number of aliphatic hydroxyl groups excluding tert-OH is 13. The van der Waals surface area contributed by atoms with Crippen molar-refractivity contribution < 1.29 is 164 Å². The smallest absolute Gasteiger partial charge is 0.192 e. The topological polar surface area (TPSA) is 495 Å². The SMILES string of the molecule is CC(C)(C)[Si](C)(C)OC[C@@H]1O[C@@H]2O[C@H]3[C@H](O)[C@@H](O)[C@@H](O[C@H]4[C@@H](NCCN)[C@H](O)[C@@H](O[C@H]5[C@H](O)[C@H](O)[C@@H](O[C@H]6[C@@H](O)[C@H](O)[C@@H](O[C@H]7[C@H](O)[C@@H](O)[C@@H](O[C@H]8[C@H](O)[C@@H](O)[C@@H](O[C@H]1[C@H](O)[C@H]2O)O[C@H]8CO[Si](C)(C)C(C)(C)C)O[C@@H]7CO[Si](C)(C)C(C)(C)C)O[C@@H]6CO[Si](C)(C)C(C)(C)C)O[C@@H]5CO[Si](C)(C)C(C)(C)C)O[C@H]4CO[Si](C)(C)C(C)(C)C)O[C@H]3CO[Si](C)(C)C(C)(C)C. The third kappa shape index (κ3) is 26.5. The Labute approximate surface area is 775 Å². The van der Waals surface area contributed by atoms with Crippen LogP contribution in [0.5, 0.6) is 0 Å². The Hall–Kier alpha value is 0.0782. The summed E-state index contributed by atoms with van der Waals surface area (Å²) in [7, 11) is -19.7. The van der Waals surface area contributed by atoms with Gasteiger partial charge in [0.15, 0.2) is 102 Å². The predicted molar refractivity (Wildman–Crippen MR) is 496 cm³/mol. The minimum absolute atomic E-state index is 0.00428. The fraction of sp³-hybridized carbons (Fsp3) is 1.00. The molecule has 0 aliphatic carbocycles. The first-order valence-corrected chi connectivity index (χ1v) is 66.8. The van der Waals surface area contributed by atoms with Crippen LogP contribution in [0.1, 0.15) is 145 Å². The molecule has 36 nitrogen and oxygen atoms in total. The minimum atomic E-state index is -2.81. The number of nitrogens with two attached hydrogens (primary N) is 1. The van der Waals surface area contributed by atoms with Gasteiger partial charge in [-0.25, -0.2) is 0 Å². The summed E-state index contributed by atoms with van der Waals surface area (Å²) >= 11 is 0. The van der Waals surface area contributed by atoms with Gasteiger partial charge in [0.05, 0.1) is 52.3 Å².